The molecule has 1 amide bonds. The van der Waals surface area contributed by atoms with Crippen molar-refractivity contribution in [2.24, 2.45) is 11.5 Å². The van der Waals surface area contributed by atoms with Crippen LogP contribution in [0.25, 0.3) is 0 Å². The summed E-state index contributed by atoms with van der Waals surface area (Å²) in [4.78, 5) is 17.0. The second-order valence-electron chi connectivity index (χ2n) is 3.56. The van der Waals surface area contributed by atoms with Gasteiger partial charge in [0.05, 0.1) is 16.7 Å². The third-order valence-corrected chi connectivity index (χ3v) is 2.79. The highest BCUT2D eigenvalue weighted by Crippen LogP contribution is 2.09. The Labute approximate surface area is 93.1 Å². The van der Waals surface area contributed by atoms with Crippen molar-refractivity contribution in [2.75, 3.05) is 13.6 Å². The molecule has 1 unspecified atom stereocenters. The molecule has 1 aromatic rings. The predicted octanol–water partition coefficient (Wildman–Crippen LogP) is -0.304. The van der Waals surface area contributed by atoms with E-state index in [4.69, 9.17) is 11.5 Å². The first kappa shape index (κ1) is 12.1. The molecule has 84 valence electrons. The van der Waals surface area contributed by atoms with Gasteiger partial charge in [-0.15, -0.1) is 11.3 Å². The normalized spacial score (nSPS) is 13.1. The van der Waals surface area contributed by atoms with Gasteiger partial charge in [0.1, 0.15) is 0 Å². The third-order valence-electron chi connectivity index (χ3n) is 1.97. The number of nitrogens with zero attached hydrogens (tertiary/aromatic N) is 2. The molecule has 0 bridgehead atoms. The van der Waals surface area contributed by atoms with Crippen LogP contribution in [-0.4, -0.2) is 35.4 Å². The van der Waals surface area contributed by atoms with Crippen molar-refractivity contribution in [1.29, 1.82) is 0 Å². The van der Waals surface area contributed by atoms with Crippen LogP contribution in [-0.2, 0) is 11.3 Å². The number of nitrogens with two attached hydrogens (primary N) is 2. The smallest absolute Gasteiger partial charge is 0.235 e. The number of likely N-dealkylation sites (N-methyl/N-ethyl adjacent to an activating group) is 1. The van der Waals surface area contributed by atoms with Crippen molar-refractivity contribution in [3.63, 3.8) is 0 Å². The van der Waals surface area contributed by atoms with Gasteiger partial charge in [0.25, 0.3) is 0 Å². The second-order valence-corrected chi connectivity index (χ2v) is 4.63. The Morgan fingerprint density at radius 2 is 2.40 bits per heavy atom. The topological polar surface area (TPSA) is 85.2 Å². The minimum Gasteiger partial charge on any atom is -0.368 e. The van der Waals surface area contributed by atoms with Gasteiger partial charge in [-0.05, 0) is 14.0 Å². The molecule has 0 fully saturated rings. The highest BCUT2D eigenvalue weighted by atomic mass is 32.1. The van der Waals surface area contributed by atoms with E-state index in [1.54, 1.807) is 11.3 Å². The van der Waals surface area contributed by atoms with Crippen LogP contribution >= 0.6 is 11.3 Å². The fraction of sp³-hybridized carbons (Fsp3) is 0.556. The van der Waals surface area contributed by atoms with Crippen molar-refractivity contribution < 1.29 is 4.79 Å². The molecule has 4 N–H and O–H groups in total. The molecule has 0 aliphatic heterocycles. The number of thiazole rings is 1. The Hall–Kier alpha value is -0.980. The van der Waals surface area contributed by atoms with Gasteiger partial charge in [-0.3, -0.25) is 9.69 Å². The van der Waals surface area contributed by atoms with Crippen LogP contribution in [0.4, 0.5) is 0 Å². The van der Waals surface area contributed by atoms with Crippen molar-refractivity contribution in [2.45, 2.75) is 19.5 Å². The Balaban J connectivity index is 2.42. The first-order chi connectivity index (χ1) is 6.99. The molecule has 1 aromatic heterocycles. The minimum absolute atomic E-state index is 0.450. The van der Waals surface area contributed by atoms with E-state index in [9.17, 15) is 4.79 Å². The minimum atomic E-state index is -0.616. The maximum absolute atomic E-state index is 10.7. The van der Waals surface area contributed by atoms with E-state index in [0.29, 0.717) is 13.1 Å². The summed E-state index contributed by atoms with van der Waals surface area (Å²) in [6.45, 7) is 3.10. The average molecular weight is 228 g/mol. The van der Waals surface area contributed by atoms with Crippen LogP contribution in [0.15, 0.2) is 5.38 Å². The summed E-state index contributed by atoms with van der Waals surface area (Å²) in [5, 5.41) is 3.04. The summed E-state index contributed by atoms with van der Waals surface area (Å²) < 4.78 is 0. The van der Waals surface area contributed by atoms with Crippen LogP contribution in [0.5, 0.6) is 0 Å². The highest BCUT2D eigenvalue weighted by molar-refractivity contribution is 7.09. The zero-order valence-corrected chi connectivity index (χ0v) is 9.75. The van der Waals surface area contributed by atoms with Gasteiger partial charge >= 0.3 is 0 Å². The average Bonchev–Trinajstić information content (AvgIpc) is 2.50. The molecule has 1 atom stereocenters. The predicted molar refractivity (Wildman–Crippen MR) is 60.4 cm³/mol. The summed E-state index contributed by atoms with van der Waals surface area (Å²) >= 11 is 1.61. The van der Waals surface area contributed by atoms with Crippen molar-refractivity contribution in [3.05, 3.63) is 16.1 Å². The molecule has 0 saturated carbocycles. The van der Waals surface area contributed by atoms with Gasteiger partial charge < -0.3 is 11.5 Å². The Kier molecular flexibility index (Phi) is 4.19. The number of hydrogen-bond donors (Lipinski definition) is 2. The largest absolute Gasteiger partial charge is 0.368 e. The first-order valence-electron chi connectivity index (χ1n) is 4.63. The lowest BCUT2D eigenvalue weighted by molar-refractivity contribution is -0.119. The van der Waals surface area contributed by atoms with Crippen LogP contribution < -0.4 is 11.5 Å². The van der Waals surface area contributed by atoms with E-state index >= 15 is 0 Å². The van der Waals surface area contributed by atoms with Gasteiger partial charge in [-0.1, -0.05) is 0 Å². The molecule has 0 aromatic carbocycles. The maximum Gasteiger partial charge on any atom is 0.235 e. The van der Waals surface area contributed by atoms with Crippen LogP contribution in [0.2, 0.25) is 0 Å². The molecule has 0 aliphatic rings. The Bertz CT molecular complexity index is 339. The molecule has 1 rings (SSSR count). The van der Waals surface area contributed by atoms with E-state index in [1.165, 1.54) is 0 Å². The van der Waals surface area contributed by atoms with E-state index in [-0.39, 0.29) is 0 Å². The lowest BCUT2D eigenvalue weighted by Crippen LogP contribution is -2.44. The highest BCUT2D eigenvalue weighted by Gasteiger charge is 2.12. The zero-order valence-electron chi connectivity index (χ0n) is 8.93. The number of rotatable bonds is 5. The maximum atomic E-state index is 10.7. The summed E-state index contributed by atoms with van der Waals surface area (Å²) in [6, 6.07) is -0.616. The zero-order chi connectivity index (χ0) is 11.4. The number of carbonyl (C=O) groups is 1. The molecule has 6 heteroatoms. The Morgan fingerprint density at radius 1 is 1.73 bits per heavy atom. The monoisotopic (exact) mass is 228 g/mol. The van der Waals surface area contributed by atoms with Crippen LogP contribution in [0.3, 0.4) is 0 Å². The van der Waals surface area contributed by atoms with E-state index in [2.05, 4.69) is 4.98 Å². The SMILES string of the molecule is Cc1nc(CN(C)CC(N)C(N)=O)cs1. The molecule has 0 saturated heterocycles. The van der Waals surface area contributed by atoms with Gasteiger partial charge in [0.15, 0.2) is 0 Å². The standard InChI is InChI=1S/C9H16N4OS/c1-6-12-7(5-15-6)3-13(2)4-8(10)9(11)14/h5,8H,3-4,10H2,1-2H3,(H2,11,14). The molecular weight excluding hydrogens is 212 g/mol. The van der Waals surface area contributed by atoms with Gasteiger partial charge in [0, 0.05) is 18.5 Å². The van der Waals surface area contributed by atoms with Crippen molar-refractivity contribution >= 4 is 17.2 Å². The summed E-state index contributed by atoms with van der Waals surface area (Å²) in [6.07, 6.45) is 0. The van der Waals surface area contributed by atoms with Crippen LogP contribution in [0, 0.1) is 6.92 Å². The van der Waals surface area contributed by atoms with Crippen molar-refractivity contribution in [3.8, 4) is 0 Å². The number of hydrogen-bond acceptors (Lipinski definition) is 5. The summed E-state index contributed by atoms with van der Waals surface area (Å²) in [5.74, 6) is -0.476. The quantitative estimate of drug-likeness (QED) is 0.724. The fourth-order valence-electron chi connectivity index (χ4n) is 1.25. The van der Waals surface area contributed by atoms with Crippen molar-refractivity contribution in [1.82, 2.24) is 9.88 Å². The second kappa shape index (κ2) is 5.20. The molecule has 0 aliphatic carbocycles. The van der Waals surface area contributed by atoms with Gasteiger partial charge in [0.2, 0.25) is 5.91 Å². The number of aryl methyl sites for hydroxylation is 1. The summed E-state index contributed by atoms with van der Waals surface area (Å²) in [7, 11) is 1.89. The lowest BCUT2D eigenvalue weighted by Gasteiger charge is -2.18. The molecule has 5 nitrogen and oxygen atoms in total. The lowest BCUT2D eigenvalue weighted by atomic mass is 10.3. The molecule has 0 radical (unpaired) electrons. The van der Waals surface area contributed by atoms with E-state index < -0.39 is 11.9 Å². The number of aromatic nitrogens is 1. The first-order valence-corrected chi connectivity index (χ1v) is 5.51. The number of primary amides is 1. The van der Waals surface area contributed by atoms with Crippen LogP contribution in [0.1, 0.15) is 10.7 Å². The molecule has 1 heterocycles. The summed E-state index contributed by atoms with van der Waals surface area (Å²) in [5.41, 5.74) is 11.6. The van der Waals surface area contributed by atoms with E-state index in [1.807, 2.05) is 24.3 Å². The molecule has 15 heavy (non-hydrogen) atoms. The molecular formula is C9H16N4OS. The third kappa shape index (κ3) is 3.94. The number of amides is 1. The fourth-order valence-corrected chi connectivity index (χ4v) is 1.85. The molecule has 0 spiro atoms. The van der Waals surface area contributed by atoms with E-state index in [0.717, 1.165) is 10.7 Å². The number of carbonyl (C=O) groups excluding carboxylic acids is 1. The van der Waals surface area contributed by atoms with Gasteiger partial charge in [-0.25, -0.2) is 4.98 Å². The Morgan fingerprint density at radius 3 is 2.87 bits per heavy atom. The van der Waals surface area contributed by atoms with Gasteiger partial charge in [-0.2, -0.15) is 0 Å².